The molecule has 0 bridgehead atoms. The fourth-order valence-electron chi connectivity index (χ4n) is 1.43. The lowest BCUT2D eigenvalue weighted by molar-refractivity contribution is -0.148. The van der Waals surface area contributed by atoms with E-state index in [9.17, 15) is 4.79 Å². The normalized spacial score (nSPS) is 38.8. The Kier molecular flexibility index (Phi) is 1.68. The smallest absolute Gasteiger partial charge is 0.323 e. The van der Waals surface area contributed by atoms with E-state index in [0.29, 0.717) is 18.8 Å². The summed E-state index contributed by atoms with van der Waals surface area (Å²) in [6, 6.07) is 0. The molecule has 0 spiro atoms. The molecule has 1 aliphatic carbocycles. The summed E-state index contributed by atoms with van der Waals surface area (Å²) >= 11 is 0. The number of rotatable bonds is 2. The van der Waals surface area contributed by atoms with E-state index in [0.717, 1.165) is 6.42 Å². The van der Waals surface area contributed by atoms with Crippen LogP contribution in [0.4, 0.5) is 0 Å². The fraction of sp³-hybridized carbons (Fsp3) is 0.857. The number of hydrogen-bond donors (Lipinski definition) is 2. The molecule has 0 atom stereocenters. The van der Waals surface area contributed by atoms with Crippen molar-refractivity contribution >= 4 is 5.97 Å². The minimum Gasteiger partial charge on any atom is -0.480 e. The highest BCUT2D eigenvalue weighted by molar-refractivity contribution is 5.79. The van der Waals surface area contributed by atoms with Crippen LogP contribution in [0, 0.1) is 5.92 Å². The van der Waals surface area contributed by atoms with Gasteiger partial charge < -0.3 is 10.8 Å². The summed E-state index contributed by atoms with van der Waals surface area (Å²) in [5, 5.41) is 8.58. The average molecular weight is 143 g/mol. The first kappa shape index (κ1) is 7.54. The Hall–Kier alpha value is -0.570. The molecule has 0 saturated heterocycles. The van der Waals surface area contributed by atoms with Crippen molar-refractivity contribution in [3.8, 4) is 0 Å². The third kappa shape index (κ3) is 1.01. The largest absolute Gasteiger partial charge is 0.480 e. The molecule has 0 aromatic heterocycles. The van der Waals surface area contributed by atoms with Gasteiger partial charge in [-0.2, -0.15) is 0 Å². The first-order chi connectivity index (χ1) is 4.58. The molecule has 0 radical (unpaired) electrons. The van der Waals surface area contributed by atoms with E-state index in [-0.39, 0.29) is 0 Å². The van der Waals surface area contributed by atoms with Gasteiger partial charge in [-0.05, 0) is 18.8 Å². The maximum Gasteiger partial charge on any atom is 0.323 e. The number of aliphatic carboxylic acids is 1. The monoisotopic (exact) mass is 143 g/mol. The van der Waals surface area contributed by atoms with E-state index < -0.39 is 11.5 Å². The summed E-state index contributed by atoms with van der Waals surface area (Å²) in [7, 11) is 0. The number of carboxylic acid groups (broad SMARTS) is 1. The van der Waals surface area contributed by atoms with Crippen LogP contribution in [0.15, 0.2) is 0 Å². The van der Waals surface area contributed by atoms with Crippen molar-refractivity contribution in [2.75, 3.05) is 0 Å². The molecule has 0 aromatic carbocycles. The minimum absolute atomic E-state index is 0.543. The summed E-state index contributed by atoms with van der Waals surface area (Å²) < 4.78 is 0. The molecule has 3 N–H and O–H groups in total. The van der Waals surface area contributed by atoms with Gasteiger partial charge in [0.1, 0.15) is 5.54 Å². The first-order valence-corrected chi connectivity index (χ1v) is 3.61. The zero-order valence-electron chi connectivity index (χ0n) is 6.13. The van der Waals surface area contributed by atoms with Crippen LogP contribution in [0.3, 0.4) is 0 Å². The second-order valence-electron chi connectivity index (χ2n) is 3.14. The van der Waals surface area contributed by atoms with Crippen molar-refractivity contribution in [1.29, 1.82) is 0 Å². The topological polar surface area (TPSA) is 63.3 Å². The quantitative estimate of drug-likeness (QED) is 0.594. The molecular weight excluding hydrogens is 130 g/mol. The van der Waals surface area contributed by atoms with Crippen LogP contribution in [0.5, 0.6) is 0 Å². The van der Waals surface area contributed by atoms with Crippen molar-refractivity contribution in [2.24, 2.45) is 11.7 Å². The van der Waals surface area contributed by atoms with Crippen molar-refractivity contribution in [1.82, 2.24) is 0 Å². The Morgan fingerprint density at radius 2 is 2.30 bits per heavy atom. The molecule has 10 heavy (non-hydrogen) atoms. The number of nitrogens with two attached hydrogens (primary N) is 1. The maximum atomic E-state index is 10.4. The first-order valence-electron chi connectivity index (χ1n) is 3.61. The van der Waals surface area contributed by atoms with Crippen LogP contribution in [0.2, 0.25) is 0 Å². The summed E-state index contributed by atoms with van der Waals surface area (Å²) in [5.41, 5.74) is 4.62. The van der Waals surface area contributed by atoms with Gasteiger partial charge in [0.25, 0.3) is 0 Å². The zero-order chi connectivity index (χ0) is 7.78. The maximum absolute atomic E-state index is 10.4. The van der Waals surface area contributed by atoms with Crippen LogP contribution in [-0.4, -0.2) is 16.6 Å². The van der Waals surface area contributed by atoms with E-state index in [2.05, 4.69) is 6.92 Å². The fourth-order valence-corrected chi connectivity index (χ4v) is 1.43. The van der Waals surface area contributed by atoms with Crippen molar-refractivity contribution in [3.63, 3.8) is 0 Å². The van der Waals surface area contributed by atoms with Gasteiger partial charge in [0.15, 0.2) is 0 Å². The molecule has 0 aromatic rings. The lowest BCUT2D eigenvalue weighted by Crippen LogP contribution is -2.57. The Morgan fingerprint density at radius 1 is 1.80 bits per heavy atom. The second kappa shape index (κ2) is 2.23. The van der Waals surface area contributed by atoms with E-state index in [1.807, 2.05) is 0 Å². The van der Waals surface area contributed by atoms with Gasteiger partial charge in [0.05, 0.1) is 0 Å². The van der Waals surface area contributed by atoms with Gasteiger partial charge in [-0.25, -0.2) is 0 Å². The van der Waals surface area contributed by atoms with Crippen LogP contribution in [0.1, 0.15) is 26.2 Å². The summed E-state index contributed by atoms with van der Waals surface area (Å²) in [6.07, 6.45) is 2.35. The standard InChI is InChI=1S/C7H13NO2/c1-2-5-3-7(8,4-5)6(9)10/h5H,2-4,8H2,1H3,(H,9,10). The van der Waals surface area contributed by atoms with Gasteiger partial charge in [-0.1, -0.05) is 13.3 Å². The average Bonchev–Trinajstić information content (AvgIpc) is 1.80. The Balaban J connectivity index is 2.42. The predicted octanol–water partition coefficient (Wildman–Crippen LogP) is 0.588. The second-order valence-corrected chi connectivity index (χ2v) is 3.14. The third-order valence-corrected chi connectivity index (χ3v) is 2.31. The lowest BCUT2D eigenvalue weighted by Gasteiger charge is -2.40. The predicted molar refractivity (Wildman–Crippen MR) is 37.6 cm³/mol. The third-order valence-electron chi connectivity index (χ3n) is 2.31. The molecular formula is C7H13NO2. The van der Waals surface area contributed by atoms with Gasteiger partial charge in [0.2, 0.25) is 0 Å². The minimum atomic E-state index is -0.888. The van der Waals surface area contributed by atoms with Crippen LogP contribution in [0.25, 0.3) is 0 Å². The van der Waals surface area contributed by atoms with Crippen LogP contribution >= 0.6 is 0 Å². The van der Waals surface area contributed by atoms with E-state index in [1.54, 1.807) is 0 Å². The van der Waals surface area contributed by atoms with E-state index >= 15 is 0 Å². The molecule has 0 unspecified atom stereocenters. The van der Waals surface area contributed by atoms with Crippen molar-refractivity contribution in [2.45, 2.75) is 31.7 Å². The number of carboxylic acids is 1. The molecule has 3 heteroatoms. The molecule has 1 rings (SSSR count). The van der Waals surface area contributed by atoms with Gasteiger partial charge >= 0.3 is 5.97 Å². The summed E-state index contributed by atoms with van der Waals surface area (Å²) in [6.45, 7) is 2.06. The van der Waals surface area contributed by atoms with E-state index in [4.69, 9.17) is 10.8 Å². The lowest BCUT2D eigenvalue weighted by atomic mass is 9.68. The Bertz CT molecular complexity index is 150. The highest BCUT2D eigenvalue weighted by Crippen LogP contribution is 2.37. The zero-order valence-corrected chi connectivity index (χ0v) is 6.13. The van der Waals surface area contributed by atoms with Gasteiger partial charge in [-0.15, -0.1) is 0 Å². The molecule has 1 fully saturated rings. The van der Waals surface area contributed by atoms with Crippen molar-refractivity contribution < 1.29 is 9.90 Å². The summed E-state index contributed by atoms with van der Waals surface area (Å²) in [4.78, 5) is 10.4. The molecule has 3 nitrogen and oxygen atoms in total. The van der Waals surface area contributed by atoms with E-state index in [1.165, 1.54) is 0 Å². The molecule has 1 saturated carbocycles. The van der Waals surface area contributed by atoms with Crippen LogP contribution < -0.4 is 5.73 Å². The Morgan fingerprint density at radius 3 is 2.60 bits per heavy atom. The molecule has 58 valence electrons. The molecule has 0 amide bonds. The summed E-state index contributed by atoms with van der Waals surface area (Å²) in [5.74, 6) is -0.307. The van der Waals surface area contributed by atoms with Gasteiger partial charge in [0, 0.05) is 0 Å². The molecule has 0 aliphatic heterocycles. The molecule has 1 aliphatic rings. The number of carbonyl (C=O) groups is 1. The highest BCUT2D eigenvalue weighted by atomic mass is 16.4. The van der Waals surface area contributed by atoms with Crippen molar-refractivity contribution in [3.05, 3.63) is 0 Å². The van der Waals surface area contributed by atoms with Crippen LogP contribution in [-0.2, 0) is 4.79 Å². The highest BCUT2D eigenvalue weighted by Gasteiger charge is 2.46. The number of hydrogen-bond acceptors (Lipinski definition) is 2. The Labute approximate surface area is 60.2 Å². The molecule has 0 heterocycles. The SMILES string of the molecule is CCC1CC(N)(C(=O)O)C1. The van der Waals surface area contributed by atoms with Gasteiger partial charge in [-0.3, -0.25) is 4.79 Å².